The lowest BCUT2D eigenvalue weighted by molar-refractivity contribution is 0.0730. The van der Waals surface area contributed by atoms with Gasteiger partial charge in [-0.15, -0.1) is 0 Å². The van der Waals surface area contributed by atoms with Gasteiger partial charge in [-0.3, -0.25) is 9.00 Å². The van der Waals surface area contributed by atoms with Gasteiger partial charge in [0.15, 0.2) is 0 Å². The standard InChI is InChI=1S/C31H41ClN2O5S/c1-20-17-34-18-25-8-10-26(32)15-23(25)7-5-6-14-39-30-12-9-24(16-27(30)34)31(36)33-40(37)19-21(2)28(35)11-13-29(38-4)22(20)3/h8-13,15-16,20-22,28-29,35,40H,5-7,14,17-19H2,1-4H3/b13-11+/t20-,21+,22+,28-,29-/m0/s1. The van der Waals surface area contributed by atoms with Crippen molar-refractivity contribution < 1.29 is 23.6 Å². The van der Waals surface area contributed by atoms with Crippen molar-refractivity contribution in [3.8, 4) is 5.75 Å². The number of amides is 1. The lowest BCUT2D eigenvalue weighted by Crippen LogP contribution is -2.35. The number of anilines is 1. The highest BCUT2D eigenvalue weighted by atomic mass is 35.5. The van der Waals surface area contributed by atoms with Crippen molar-refractivity contribution in [1.29, 1.82) is 0 Å². The number of aryl methyl sites for hydroxylation is 1. The first-order chi connectivity index (χ1) is 19.2. The van der Waals surface area contributed by atoms with Crippen LogP contribution in [0.15, 0.2) is 52.9 Å². The first-order valence-electron chi connectivity index (χ1n) is 14.0. The summed E-state index contributed by atoms with van der Waals surface area (Å²) in [4.78, 5) is 15.4. The molecular weight excluding hydrogens is 548 g/mol. The molecular formula is C31H41ClN2O5S. The Balaban J connectivity index is 1.85. The number of hydrogen-bond acceptors (Lipinski definition) is 6. The molecule has 0 saturated carbocycles. The van der Waals surface area contributed by atoms with Crippen LogP contribution in [0.4, 0.5) is 5.69 Å². The third-order valence-corrected chi connectivity index (χ3v) is 9.63. The van der Waals surface area contributed by atoms with Gasteiger partial charge in [0.25, 0.3) is 5.91 Å². The van der Waals surface area contributed by atoms with E-state index in [1.807, 2.05) is 30.3 Å². The lowest BCUT2D eigenvalue weighted by Gasteiger charge is -2.34. The SMILES string of the molecule is CO[C@H]1/C=C/[C@H](O)[C@H](C)C/[SH](=O)=N\C(=O)c2ccc3c(c2)N(Cc2ccc(Cl)cc2CCCCO3)C[C@H](C)[C@H]1C. The average Bonchev–Trinajstić information content (AvgIpc) is 2.95. The fourth-order valence-corrected chi connectivity index (χ4v) is 6.63. The van der Waals surface area contributed by atoms with Crippen molar-refractivity contribution in [2.45, 2.75) is 58.8 Å². The van der Waals surface area contributed by atoms with Crippen molar-refractivity contribution in [3.05, 3.63) is 70.3 Å². The number of methoxy groups -OCH3 is 1. The predicted molar refractivity (Wildman–Crippen MR) is 162 cm³/mol. The maximum Gasteiger partial charge on any atom is 0.284 e. The highest BCUT2D eigenvalue weighted by Crippen LogP contribution is 2.35. The van der Waals surface area contributed by atoms with Crippen LogP contribution in [-0.4, -0.2) is 53.4 Å². The van der Waals surface area contributed by atoms with Crippen LogP contribution in [0.5, 0.6) is 5.75 Å². The summed E-state index contributed by atoms with van der Waals surface area (Å²) in [6, 6.07) is 11.4. The Morgan fingerprint density at radius 1 is 1.07 bits per heavy atom. The number of aliphatic hydroxyl groups excluding tert-OH is 1. The van der Waals surface area contributed by atoms with E-state index in [0.29, 0.717) is 31.0 Å². The van der Waals surface area contributed by atoms with Gasteiger partial charge < -0.3 is 19.5 Å². The van der Waals surface area contributed by atoms with Gasteiger partial charge in [-0.1, -0.05) is 50.6 Å². The summed E-state index contributed by atoms with van der Waals surface area (Å²) in [6.07, 6.45) is 5.33. The molecule has 0 radical (unpaired) electrons. The van der Waals surface area contributed by atoms with Gasteiger partial charge in [-0.25, -0.2) is 0 Å². The number of benzene rings is 2. The molecule has 2 aromatic rings. The highest BCUT2D eigenvalue weighted by molar-refractivity contribution is 7.75. The first-order valence-corrected chi connectivity index (χ1v) is 15.8. The van der Waals surface area contributed by atoms with Gasteiger partial charge in [-0.2, -0.15) is 4.36 Å². The van der Waals surface area contributed by atoms with Crippen molar-refractivity contribution >= 4 is 33.8 Å². The monoisotopic (exact) mass is 588 g/mol. The molecule has 0 aromatic heterocycles. The van der Waals surface area contributed by atoms with Crippen molar-refractivity contribution in [1.82, 2.24) is 0 Å². The number of fused-ring (bicyclic) bond motifs is 2. The number of aliphatic hydroxyl groups is 1. The van der Waals surface area contributed by atoms with Crippen LogP contribution in [0.1, 0.15) is 55.1 Å². The Morgan fingerprint density at radius 2 is 1.88 bits per heavy atom. The zero-order valence-electron chi connectivity index (χ0n) is 23.8. The summed E-state index contributed by atoms with van der Waals surface area (Å²) in [5, 5.41) is 11.4. The second-order valence-corrected chi connectivity index (χ2v) is 12.8. The van der Waals surface area contributed by atoms with Crippen LogP contribution in [0, 0.1) is 17.8 Å². The number of halogens is 1. The molecule has 4 rings (SSSR count). The van der Waals surface area contributed by atoms with Crippen LogP contribution in [-0.2, 0) is 28.3 Å². The van der Waals surface area contributed by atoms with E-state index in [1.165, 1.54) is 11.1 Å². The molecule has 2 aliphatic rings. The molecule has 7 nitrogen and oxygen atoms in total. The number of hydrogen-bond donors (Lipinski definition) is 2. The fraction of sp³-hybridized carbons (Fsp3) is 0.516. The second kappa shape index (κ2) is 14.0. The Hall–Kier alpha value is -2.39. The first kappa shape index (κ1) is 30.6. The molecule has 1 N–H and O–H groups in total. The molecule has 218 valence electrons. The summed E-state index contributed by atoms with van der Waals surface area (Å²) < 4.78 is 28.9. The molecule has 0 spiro atoms. The van der Waals surface area contributed by atoms with E-state index >= 15 is 0 Å². The molecule has 1 amide bonds. The van der Waals surface area contributed by atoms with Gasteiger partial charge in [0.2, 0.25) is 0 Å². The smallest absolute Gasteiger partial charge is 0.284 e. The predicted octanol–water partition coefficient (Wildman–Crippen LogP) is 5.72. The van der Waals surface area contributed by atoms with Gasteiger partial charge in [0.05, 0.1) is 24.5 Å². The maximum atomic E-state index is 13.1. The molecule has 1 unspecified atom stereocenters. The van der Waals surface area contributed by atoms with Crippen LogP contribution < -0.4 is 9.64 Å². The summed E-state index contributed by atoms with van der Waals surface area (Å²) in [5.74, 6) is 0.231. The number of thiol groups is 1. The largest absolute Gasteiger partial charge is 0.491 e. The molecule has 0 aliphatic carbocycles. The average molecular weight is 589 g/mol. The summed E-state index contributed by atoms with van der Waals surface area (Å²) in [7, 11) is -0.512. The molecule has 9 heteroatoms. The van der Waals surface area contributed by atoms with E-state index in [0.717, 1.165) is 30.0 Å². The number of carbonyl (C=O) groups is 1. The summed E-state index contributed by atoms with van der Waals surface area (Å²) >= 11 is 6.38. The van der Waals surface area contributed by atoms with Crippen molar-refractivity contribution in [3.63, 3.8) is 0 Å². The molecule has 2 aromatic carbocycles. The minimum atomic E-state index is -2.19. The van der Waals surface area contributed by atoms with Crippen LogP contribution in [0.2, 0.25) is 5.02 Å². The van der Waals surface area contributed by atoms with Crippen LogP contribution in [0.25, 0.3) is 0 Å². The Kier molecular flexibility index (Phi) is 10.7. The number of rotatable bonds is 1. The molecule has 0 saturated heterocycles. The van der Waals surface area contributed by atoms with E-state index in [9.17, 15) is 14.1 Å². The Morgan fingerprint density at radius 3 is 2.65 bits per heavy atom. The van der Waals surface area contributed by atoms with E-state index in [1.54, 1.807) is 26.2 Å². The minimum Gasteiger partial charge on any atom is -0.491 e. The van der Waals surface area contributed by atoms with Gasteiger partial charge >= 0.3 is 0 Å². The Labute approximate surface area is 244 Å². The highest BCUT2D eigenvalue weighted by Gasteiger charge is 2.27. The molecule has 6 atom stereocenters. The van der Waals surface area contributed by atoms with E-state index in [2.05, 4.69) is 29.2 Å². The van der Waals surface area contributed by atoms with Gasteiger partial charge in [0.1, 0.15) is 5.75 Å². The van der Waals surface area contributed by atoms with E-state index < -0.39 is 22.6 Å². The van der Waals surface area contributed by atoms with Crippen LogP contribution >= 0.6 is 11.6 Å². The topological polar surface area (TPSA) is 88.4 Å². The summed E-state index contributed by atoms with van der Waals surface area (Å²) in [5.41, 5.74) is 3.55. The van der Waals surface area contributed by atoms with Crippen LogP contribution in [0.3, 0.4) is 0 Å². The third-order valence-electron chi connectivity index (χ3n) is 8.10. The zero-order chi connectivity index (χ0) is 28.8. The lowest BCUT2D eigenvalue weighted by atomic mass is 9.88. The quantitative estimate of drug-likeness (QED) is 0.327. The molecule has 2 heterocycles. The minimum absolute atomic E-state index is 0.107. The van der Waals surface area contributed by atoms with Gasteiger partial charge in [-0.05, 0) is 78.5 Å². The summed E-state index contributed by atoms with van der Waals surface area (Å²) in [6.45, 7) is 7.97. The number of carbonyl (C=O) groups excluding carboxylic acids is 1. The molecule has 0 fully saturated rings. The van der Waals surface area contributed by atoms with E-state index in [4.69, 9.17) is 21.1 Å². The normalized spacial score (nSPS) is 29.8. The third kappa shape index (κ3) is 7.66. The second-order valence-electron chi connectivity index (χ2n) is 11.1. The fourth-order valence-electron chi connectivity index (χ4n) is 5.33. The molecule has 2 aliphatic heterocycles. The van der Waals surface area contributed by atoms with Crippen molar-refractivity contribution in [2.24, 2.45) is 22.1 Å². The van der Waals surface area contributed by atoms with E-state index in [-0.39, 0.29) is 29.6 Å². The number of nitrogens with zero attached hydrogens (tertiary/aromatic N) is 2. The maximum absolute atomic E-state index is 13.1. The van der Waals surface area contributed by atoms with Crippen molar-refractivity contribution in [2.75, 3.05) is 30.9 Å². The van der Waals surface area contributed by atoms with Gasteiger partial charge in [0, 0.05) is 47.1 Å². The zero-order valence-corrected chi connectivity index (χ0v) is 25.4. The Bertz CT molecular complexity index is 1310. The molecule has 40 heavy (non-hydrogen) atoms. The molecule has 2 bridgehead atoms. The number of ether oxygens (including phenoxy) is 2.